The van der Waals surface area contributed by atoms with Crippen LogP contribution >= 0.6 is 46.6 Å². The van der Waals surface area contributed by atoms with Gasteiger partial charge in [-0.15, -0.1) is 10.2 Å². The number of carbonyl (C=O) groups is 1. The number of thioether (sulfide) groups is 1. The van der Waals surface area contributed by atoms with Crippen molar-refractivity contribution in [3.8, 4) is 28.6 Å². The van der Waals surface area contributed by atoms with Crippen molar-refractivity contribution in [1.82, 2.24) is 14.8 Å². The van der Waals surface area contributed by atoms with Crippen LogP contribution < -0.4 is 14.8 Å². The number of hydrogen-bond donors (Lipinski definition) is 1. The normalized spacial score (nSPS) is 10.8. The Balaban J connectivity index is 1.69. The minimum atomic E-state index is -0.324. The van der Waals surface area contributed by atoms with Crippen molar-refractivity contribution < 1.29 is 14.3 Å². The van der Waals surface area contributed by atoms with Gasteiger partial charge in [-0.2, -0.15) is 0 Å². The molecule has 4 aromatic rings. The number of nitrogens with one attached hydrogen (secondary N) is 1. The zero-order valence-corrected chi connectivity index (χ0v) is 22.6. The van der Waals surface area contributed by atoms with Gasteiger partial charge in [-0.25, -0.2) is 0 Å². The molecule has 4 rings (SSSR count). The minimum Gasteiger partial charge on any atom is -0.497 e. The first-order valence-electron chi connectivity index (χ1n) is 10.6. The molecule has 0 saturated heterocycles. The Morgan fingerprint density at radius 2 is 1.67 bits per heavy atom. The van der Waals surface area contributed by atoms with Gasteiger partial charge in [0.05, 0.1) is 41.4 Å². The number of carbonyl (C=O) groups excluding carboxylic acids is 1. The lowest BCUT2D eigenvalue weighted by Gasteiger charge is -2.15. The summed E-state index contributed by atoms with van der Waals surface area (Å²) in [4.78, 5) is 12.8. The Labute approximate surface area is 227 Å². The molecule has 0 aliphatic heterocycles. The first-order valence-corrected chi connectivity index (χ1v) is 12.7. The molecule has 11 heteroatoms. The monoisotopic (exact) mass is 562 g/mol. The summed E-state index contributed by atoms with van der Waals surface area (Å²) in [5.74, 6) is 1.52. The second-order valence-corrected chi connectivity index (χ2v) is 9.82. The topological polar surface area (TPSA) is 78.3 Å². The molecule has 0 unspecified atom stereocenters. The Hall–Kier alpha value is -2.91. The van der Waals surface area contributed by atoms with E-state index >= 15 is 0 Å². The maximum Gasteiger partial charge on any atom is 0.234 e. The van der Waals surface area contributed by atoms with Crippen LogP contribution in [0, 0.1) is 6.92 Å². The molecule has 0 fully saturated rings. The number of anilines is 1. The largest absolute Gasteiger partial charge is 0.497 e. The zero-order valence-electron chi connectivity index (χ0n) is 19.5. The molecule has 7 nitrogen and oxygen atoms in total. The molecule has 0 atom stereocenters. The third-order valence-electron chi connectivity index (χ3n) is 5.17. The van der Waals surface area contributed by atoms with Gasteiger partial charge >= 0.3 is 0 Å². The highest BCUT2D eigenvalue weighted by atomic mass is 35.5. The second-order valence-electron chi connectivity index (χ2n) is 7.63. The summed E-state index contributed by atoms with van der Waals surface area (Å²) >= 11 is 19.6. The van der Waals surface area contributed by atoms with Crippen LogP contribution in [0.5, 0.6) is 11.5 Å². The van der Waals surface area contributed by atoms with Gasteiger partial charge in [-0.05, 0) is 31.2 Å². The summed E-state index contributed by atoms with van der Waals surface area (Å²) in [5, 5.41) is 12.9. The first kappa shape index (κ1) is 26.2. The molecule has 1 aromatic heterocycles. The van der Waals surface area contributed by atoms with Crippen molar-refractivity contribution in [2.45, 2.75) is 12.1 Å². The summed E-state index contributed by atoms with van der Waals surface area (Å²) in [5.41, 5.74) is 2.94. The number of amides is 1. The summed E-state index contributed by atoms with van der Waals surface area (Å²) < 4.78 is 12.9. The molecule has 36 heavy (non-hydrogen) atoms. The summed E-state index contributed by atoms with van der Waals surface area (Å²) in [7, 11) is 3.17. The van der Waals surface area contributed by atoms with E-state index in [2.05, 4.69) is 15.5 Å². The van der Waals surface area contributed by atoms with Crippen LogP contribution in [0.2, 0.25) is 15.1 Å². The van der Waals surface area contributed by atoms with Crippen molar-refractivity contribution in [1.29, 1.82) is 0 Å². The highest BCUT2D eigenvalue weighted by Gasteiger charge is 2.21. The molecular formula is C25H21Cl3N4O3S. The number of aryl methyl sites for hydroxylation is 1. The molecular weight excluding hydrogens is 543 g/mol. The van der Waals surface area contributed by atoms with Crippen LogP contribution in [-0.2, 0) is 4.79 Å². The van der Waals surface area contributed by atoms with Crippen molar-refractivity contribution in [2.24, 2.45) is 0 Å². The number of nitrogens with zero attached hydrogens (tertiary/aromatic N) is 3. The zero-order chi connectivity index (χ0) is 25.8. The highest BCUT2D eigenvalue weighted by molar-refractivity contribution is 7.99. The fourth-order valence-electron chi connectivity index (χ4n) is 3.41. The molecule has 0 spiro atoms. The molecule has 0 saturated carbocycles. The van der Waals surface area contributed by atoms with Crippen molar-refractivity contribution in [2.75, 3.05) is 25.3 Å². The van der Waals surface area contributed by atoms with E-state index in [9.17, 15) is 4.79 Å². The van der Waals surface area contributed by atoms with Gasteiger partial charge in [0.25, 0.3) is 0 Å². The van der Waals surface area contributed by atoms with Gasteiger partial charge in [0.2, 0.25) is 5.91 Å². The third kappa shape index (κ3) is 5.73. The van der Waals surface area contributed by atoms with Crippen molar-refractivity contribution in [3.05, 3.63) is 75.2 Å². The van der Waals surface area contributed by atoms with Gasteiger partial charge < -0.3 is 14.8 Å². The Morgan fingerprint density at radius 3 is 2.31 bits per heavy atom. The van der Waals surface area contributed by atoms with Gasteiger partial charge in [0.1, 0.15) is 11.5 Å². The van der Waals surface area contributed by atoms with Gasteiger partial charge in [-0.3, -0.25) is 9.36 Å². The molecule has 1 amide bonds. The van der Waals surface area contributed by atoms with Gasteiger partial charge in [0.15, 0.2) is 11.0 Å². The second kappa shape index (κ2) is 11.4. The van der Waals surface area contributed by atoms with E-state index in [1.54, 1.807) is 26.4 Å². The van der Waals surface area contributed by atoms with Gasteiger partial charge in [-0.1, -0.05) is 76.4 Å². The van der Waals surface area contributed by atoms with Crippen LogP contribution in [0.4, 0.5) is 5.69 Å². The average Bonchev–Trinajstić information content (AvgIpc) is 3.28. The predicted molar refractivity (Wildman–Crippen MR) is 145 cm³/mol. The van der Waals surface area contributed by atoms with Crippen molar-refractivity contribution in [3.63, 3.8) is 0 Å². The van der Waals surface area contributed by atoms with Gasteiger partial charge in [0, 0.05) is 16.7 Å². The third-order valence-corrected chi connectivity index (χ3v) is 6.92. The maximum atomic E-state index is 12.8. The van der Waals surface area contributed by atoms with Crippen LogP contribution in [0.3, 0.4) is 0 Å². The number of benzene rings is 3. The molecule has 1 N–H and O–H groups in total. The standard InChI is InChI=1S/C25H21Cl3N4O3S/c1-14-4-6-15(7-5-14)24-30-31-25(32(24)20-12-17(34-2)8-9-21(20)35-3)36-13-22(33)29-23-18(27)10-16(26)11-19(23)28/h4-12H,13H2,1-3H3,(H,29,33). The number of methoxy groups -OCH3 is 2. The van der Waals surface area contributed by atoms with Crippen LogP contribution in [0.15, 0.2) is 59.8 Å². The van der Waals surface area contributed by atoms with Crippen LogP contribution in [-0.4, -0.2) is 40.6 Å². The SMILES string of the molecule is COc1ccc(OC)c(-n2c(SCC(=O)Nc3c(Cl)cc(Cl)cc3Cl)nnc2-c2ccc(C)cc2)c1. The van der Waals surface area contributed by atoms with E-state index in [-0.39, 0.29) is 21.7 Å². The fourth-order valence-corrected chi connectivity index (χ4v) is 5.07. The van der Waals surface area contributed by atoms with E-state index in [1.807, 2.05) is 41.8 Å². The van der Waals surface area contributed by atoms with E-state index in [0.29, 0.717) is 38.9 Å². The Kier molecular flexibility index (Phi) is 8.31. The molecule has 186 valence electrons. The fraction of sp³-hybridized carbons (Fsp3) is 0.160. The molecule has 0 radical (unpaired) electrons. The molecule has 3 aromatic carbocycles. The first-order chi connectivity index (χ1) is 17.3. The lowest BCUT2D eigenvalue weighted by molar-refractivity contribution is -0.113. The number of halogens is 3. The summed E-state index contributed by atoms with van der Waals surface area (Å²) in [6.45, 7) is 2.01. The van der Waals surface area contributed by atoms with Crippen LogP contribution in [0.1, 0.15) is 5.56 Å². The molecule has 0 aliphatic rings. The number of hydrogen-bond acceptors (Lipinski definition) is 6. The van der Waals surface area contributed by atoms with E-state index in [1.165, 1.54) is 23.9 Å². The quantitative estimate of drug-likeness (QED) is 0.234. The smallest absolute Gasteiger partial charge is 0.234 e. The van der Waals surface area contributed by atoms with Crippen molar-refractivity contribution >= 4 is 58.2 Å². The number of ether oxygens (including phenoxy) is 2. The maximum absolute atomic E-state index is 12.8. The Morgan fingerprint density at radius 1 is 0.972 bits per heavy atom. The Bertz CT molecular complexity index is 1390. The lowest BCUT2D eigenvalue weighted by Crippen LogP contribution is -2.15. The number of aromatic nitrogens is 3. The molecule has 0 aliphatic carbocycles. The average molecular weight is 564 g/mol. The minimum absolute atomic E-state index is 0.0214. The predicted octanol–water partition coefficient (Wildman–Crippen LogP) is 6.95. The van der Waals surface area contributed by atoms with E-state index < -0.39 is 0 Å². The van der Waals surface area contributed by atoms with Crippen LogP contribution in [0.25, 0.3) is 17.1 Å². The summed E-state index contributed by atoms with van der Waals surface area (Å²) in [6, 6.07) is 16.4. The molecule has 0 bridgehead atoms. The lowest BCUT2D eigenvalue weighted by atomic mass is 10.1. The number of rotatable bonds is 8. The van der Waals surface area contributed by atoms with E-state index in [4.69, 9.17) is 44.3 Å². The summed E-state index contributed by atoms with van der Waals surface area (Å²) in [6.07, 6.45) is 0. The van der Waals surface area contributed by atoms with E-state index in [0.717, 1.165) is 11.1 Å². The molecule has 1 heterocycles. The highest BCUT2D eigenvalue weighted by Crippen LogP contribution is 2.36.